The first-order chi connectivity index (χ1) is 20.0. The molecule has 8 nitrogen and oxygen atoms in total. The number of aromatic nitrogens is 3. The molecule has 0 fully saturated rings. The van der Waals surface area contributed by atoms with Gasteiger partial charge in [0.1, 0.15) is 34.3 Å². The molecule has 8 heteroatoms. The van der Waals surface area contributed by atoms with Crippen LogP contribution in [-0.4, -0.2) is 43.0 Å². The minimum Gasteiger partial charge on any atom is -0.497 e. The lowest BCUT2D eigenvalue weighted by molar-refractivity contribution is 0.390. The first kappa shape index (κ1) is 28.1. The molecule has 0 spiro atoms. The third-order valence-electron chi connectivity index (χ3n) is 7.43. The summed E-state index contributed by atoms with van der Waals surface area (Å²) in [6.07, 6.45) is 2.98. The van der Waals surface area contributed by atoms with Crippen molar-refractivity contribution >= 4 is 27.8 Å². The van der Waals surface area contributed by atoms with E-state index < -0.39 is 0 Å². The van der Waals surface area contributed by atoms with Crippen molar-refractivity contribution in [3.63, 3.8) is 0 Å². The van der Waals surface area contributed by atoms with Gasteiger partial charge >= 0.3 is 0 Å². The lowest BCUT2D eigenvalue weighted by atomic mass is 10.1. The minimum atomic E-state index is 0.524. The summed E-state index contributed by atoms with van der Waals surface area (Å²) >= 11 is 0. The van der Waals surface area contributed by atoms with Gasteiger partial charge in [0.25, 0.3) is 0 Å². The number of benzene rings is 3. The zero-order valence-electron chi connectivity index (χ0n) is 24.7. The predicted octanol–water partition coefficient (Wildman–Crippen LogP) is 6.93. The Balaban J connectivity index is 1.66. The number of nitrogens with zero attached hydrogens (tertiary/aromatic N) is 3. The summed E-state index contributed by atoms with van der Waals surface area (Å²) in [5.41, 5.74) is 6.05. The predicted molar refractivity (Wildman–Crippen MR) is 164 cm³/mol. The van der Waals surface area contributed by atoms with E-state index in [2.05, 4.69) is 48.0 Å². The summed E-state index contributed by atoms with van der Waals surface area (Å²) in [6.45, 7) is 5.43. The maximum atomic E-state index is 5.76. The molecule has 0 aliphatic heterocycles. The van der Waals surface area contributed by atoms with Gasteiger partial charge < -0.3 is 28.8 Å². The van der Waals surface area contributed by atoms with Crippen molar-refractivity contribution in [1.82, 2.24) is 14.5 Å². The number of anilines is 1. The maximum Gasteiger partial charge on any atom is 0.155 e. The summed E-state index contributed by atoms with van der Waals surface area (Å²) in [7, 11) is 6.68. The lowest BCUT2D eigenvalue weighted by Crippen LogP contribution is -2.08. The van der Waals surface area contributed by atoms with Crippen LogP contribution in [0.5, 0.6) is 23.0 Å². The molecule has 5 aromatic rings. The first-order valence-corrected chi connectivity index (χ1v) is 13.9. The number of aryl methyl sites for hydroxylation is 2. The molecular formula is C33H38N4O4. The Bertz CT molecular complexity index is 1680. The van der Waals surface area contributed by atoms with Gasteiger partial charge in [0.2, 0.25) is 0 Å². The molecule has 0 aliphatic carbocycles. The fourth-order valence-electron chi connectivity index (χ4n) is 5.19. The van der Waals surface area contributed by atoms with E-state index in [0.29, 0.717) is 13.1 Å². The third kappa shape index (κ3) is 5.73. The number of hydrogen-bond donors (Lipinski definition) is 1. The normalized spacial score (nSPS) is 11.2. The first-order valence-electron chi connectivity index (χ1n) is 13.9. The van der Waals surface area contributed by atoms with Crippen molar-refractivity contribution in [2.24, 2.45) is 0 Å². The number of imidazole rings is 1. The fraction of sp³-hybridized carbons (Fsp3) is 0.333. The topological polar surface area (TPSA) is 79.7 Å². The van der Waals surface area contributed by atoms with Crippen LogP contribution in [0.2, 0.25) is 0 Å². The summed E-state index contributed by atoms with van der Waals surface area (Å²) in [5, 5.41) is 4.65. The second-order valence-corrected chi connectivity index (χ2v) is 10.1. The van der Waals surface area contributed by atoms with Crippen molar-refractivity contribution in [3.8, 4) is 23.0 Å². The molecule has 0 atom stereocenters. The molecule has 0 radical (unpaired) electrons. The molecule has 0 aliphatic rings. The number of hydrogen-bond acceptors (Lipinski definition) is 7. The summed E-state index contributed by atoms with van der Waals surface area (Å²) in [5.74, 6) is 4.82. The Morgan fingerprint density at radius 2 is 1.46 bits per heavy atom. The number of pyridine rings is 1. The van der Waals surface area contributed by atoms with Gasteiger partial charge in [-0.15, -0.1) is 0 Å². The molecule has 3 aromatic carbocycles. The molecule has 0 amide bonds. The third-order valence-corrected chi connectivity index (χ3v) is 7.43. The van der Waals surface area contributed by atoms with Crippen molar-refractivity contribution in [1.29, 1.82) is 0 Å². The van der Waals surface area contributed by atoms with E-state index >= 15 is 0 Å². The van der Waals surface area contributed by atoms with Crippen LogP contribution in [0.1, 0.15) is 42.3 Å². The Kier molecular flexibility index (Phi) is 8.47. The maximum absolute atomic E-state index is 5.76. The zero-order valence-corrected chi connectivity index (χ0v) is 24.7. The molecule has 2 heterocycles. The van der Waals surface area contributed by atoms with E-state index in [0.717, 1.165) is 92.5 Å². The van der Waals surface area contributed by atoms with Crippen LogP contribution >= 0.6 is 0 Å². The summed E-state index contributed by atoms with van der Waals surface area (Å²) < 4.78 is 24.5. The molecule has 0 unspecified atom stereocenters. The average Bonchev–Trinajstić information content (AvgIpc) is 3.36. The fourth-order valence-corrected chi connectivity index (χ4v) is 5.19. The quantitative estimate of drug-likeness (QED) is 0.179. The largest absolute Gasteiger partial charge is 0.497 e. The van der Waals surface area contributed by atoms with Crippen LogP contribution in [0.15, 0.2) is 54.6 Å². The molecule has 0 saturated carbocycles. The molecule has 0 bridgehead atoms. The number of fused-ring (bicyclic) bond motifs is 3. The summed E-state index contributed by atoms with van der Waals surface area (Å²) in [4.78, 5) is 10.3. The number of nitrogens with one attached hydrogen (secondary N) is 1. The molecule has 214 valence electrons. The monoisotopic (exact) mass is 554 g/mol. The van der Waals surface area contributed by atoms with E-state index in [-0.39, 0.29) is 0 Å². The van der Waals surface area contributed by atoms with Crippen molar-refractivity contribution < 1.29 is 18.9 Å². The Hall–Kier alpha value is -4.46. The molecule has 0 saturated heterocycles. The van der Waals surface area contributed by atoms with E-state index in [1.54, 1.807) is 28.4 Å². The minimum absolute atomic E-state index is 0.524. The molecule has 1 N–H and O–H groups in total. The van der Waals surface area contributed by atoms with Crippen LogP contribution in [0.25, 0.3) is 21.9 Å². The highest BCUT2D eigenvalue weighted by Gasteiger charge is 2.20. The van der Waals surface area contributed by atoms with Gasteiger partial charge in [-0.25, -0.2) is 9.97 Å². The van der Waals surface area contributed by atoms with E-state index in [4.69, 9.17) is 28.9 Å². The standard InChI is InChI=1S/C33H38N4O4/c1-7-8-9-30-36-31-32(37(30)20-23-12-14-25(39-4)18-29(23)41-6)26-15-10-21(2)16-27(26)35-33(31)34-19-22-11-13-24(38-3)17-28(22)40-5/h10-18H,7-9,19-20H2,1-6H3,(H,34,35). The lowest BCUT2D eigenvalue weighted by Gasteiger charge is -2.15. The number of ether oxygens (including phenoxy) is 4. The Morgan fingerprint density at radius 3 is 2.12 bits per heavy atom. The van der Waals surface area contributed by atoms with E-state index in [1.807, 2.05) is 30.3 Å². The van der Waals surface area contributed by atoms with Gasteiger partial charge in [-0.3, -0.25) is 0 Å². The van der Waals surface area contributed by atoms with Crippen LogP contribution in [0.4, 0.5) is 5.82 Å². The highest BCUT2D eigenvalue weighted by Crippen LogP contribution is 2.34. The number of methoxy groups -OCH3 is 4. The van der Waals surface area contributed by atoms with Crippen LogP contribution < -0.4 is 24.3 Å². The summed E-state index contributed by atoms with van der Waals surface area (Å²) in [6, 6.07) is 18.2. The Morgan fingerprint density at radius 1 is 0.780 bits per heavy atom. The van der Waals surface area contributed by atoms with E-state index in [9.17, 15) is 0 Å². The van der Waals surface area contributed by atoms with Gasteiger partial charge in [0.05, 0.1) is 46.0 Å². The number of rotatable bonds is 12. The zero-order chi connectivity index (χ0) is 28.9. The van der Waals surface area contributed by atoms with Crippen molar-refractivity contribution in [2.75, 3.05) is 33.8 Å². The second-order valence-electron chi connectivity index (χ2n) is 10.1. The molecule has 5 rings (SSSR count). The molecular weight excluding hydrogens is 516 g/mol. The van der Waals surface area contributed by atoms with Gasteiger partial charge in [0.15, 0.2) is 5.82 Å². The SMILES string of the molecule is CCCCc1nc2c(NCc3ccc(OC)cc3OC)nc3cc(C)ccc3c2n1Cc1ccc(OC)cc1OC. The van der Waals surface area contributed by atoms with Gasteiger partial charge in [-0.05, 0) is 49.2 Å². The highest BCUT2D eigenvalue weighted by molar-refractivity contribution is 6.07. The van der Waals surface area contributed by atoms with Crippen LogP contribution in [0.3, 0.4) is 0 Å². The number of unbranched alkanes of at least 4 members (excludes halogenated alkanes) is 1. The van der Waals surface area contributed by atoms with Gasteiger partial charge in [-0.2, -0.15) is 0 Å². The van der Waals surface area contributed by atoms with Crippen LogP contribution in [0, 0.1) is 6.92 Å². The van der Waals surface area contributed by atoms with Gasteiger partial charge in [0, 0.05) is 41.6 Å². The molecule has 41 heavy (non-hydrogen) atoms. The molecule has 2 aromatic heterocycles. The average molecular weight is 555 g/mol. The van der Waals surface area contributed by atoms with E-state index in [1.165, 1.54) is 0 Å². The van der Waals surface area contributed by atoms with Gasteiger partial charge in [-0.1, -0.05) is 25.5 Å². The van der Waals surface area contributed by atoms with Crippen molar-refractivity contribution in [3.05, 3.63) is 77.1 Å². The highest BCUT2D eigenvalue weighted by atomic mass is 16.5. The Labute approximate surface area is 241 Å². The second kappa shape index (κ2) is 12.4. The van der Waals surface area contributed by atoms with Crippen molar-refractivity contribution in [2.45, 2.75) is 46.2 Å². The van der Waals surface area contributed by atoms with Crippen LogP contribution in [-0.2, 0) is 19.5 Å². The smallest absolute Gasteiger partial charge is 0.155 e.